The molecule has 5 nitrogen and oxygen atoms in total. The fraction of sp³-hybridized carbons (Fsp3) is 0.714. The summed E-state index contributed by atoms with van der Waals surface area (Å²) in [6.07, 6.45) is 5.16. The Labute approximate surface area is 114 Å². The molecule has 1 saturated heterocycles. The average molecular weight is 262 g/mol. The van der Waals surface area contributed by atoms with Crippen molar-refractivity contribution in [3.63, 3.8) is 0 Å². The molecule has 19 heavy (non-hydrogen) atoms. The normalized spacial score (nSPS) is 20.5. The van der Waals surface area contributed by atoms with Crippen LogP contribution >= 0.6 is 0 Å². The molecule has 0 spiro atoms. The van der Waals surface area contributed by atoms with E-state index in [0.717, 1.165) is 45.0 Å². The van der Waals surface area contributed by atoms with Crippen LogP contribution in [0.4, 0.5) is 0 Å². The number of methoxy groups -OCH3 is 1. The number of rotatable bonds is 5. The minimum Gasteiger partial charge on any atom is -0.481 e. The maximum absolute atomic E-state index is 5.42. The molecule has 0 radical (unpaired) electrons. The maximum atomic E-state index is 5.42. The quantitative estimate of drug-likeness (QED) is 0.851. The van der Waals surface area contributed by atoms with Crippen LogP contribution in [0.5, 0.6) is 5.88 Å². The fourth-order valence-electron chi connectivity index (χ4n) is 2.73. The van der Waals surface area contributed by atoms with Crippen LogP contribution in [0, 0.1) is 0 Å². The van der Waals surface area contributed by atoms with Crippen molar-refractivity contribution >= 4 is 0 Å². The second kappa shape index (κ2) is 5.84. The first-order valence-electron chi connectivity index (χ1n) is 7.19. The van der Waals surface area contributed by atoms with Crippen LogP contribution in [0.25, 0.3) is 0 Å². The number of nitrogens with one attached hydrogen (secondary N) is 1. The summed E-state index contributed by atoms with van der Waals surface area (Å²) in [4.78, 5) is 11.3. The maximum Gasteiger partial charge on any atom is 0.219 e. The number of ether oxygens (including phenoxy) is 1. The third-order valence-electron chi connectivity index (χ3n) is 3.98. The van der Waals surface area contributed by atoms with Gasteiger partial charge in [-0.1, -0.05) is 0 Å². The van der Waals surface area contributed by atoms with E-state index in [1.807, 2.05) is 0 Å². The Kier molecular flexibility index (Phi) is 3.94. The van der Waals surface area contributed by atoms with Gasteiger partial charge in [0.2, 0.25) is 5.88 Å². The zero-order valence-corrected chi connectivity index (χ0v) is 11.6. The third kappa shape index (κ3) is 3.04. The van der Waals surface area contributed by atoms with Gasteiger partial charge in [-0.15, -0.1) is 0 Å². The summed E-state index contributed by atoms with van der Waals surface area (Å²) in [6.45, 7) is 5.53. The zero-order valence-electron chi connectivity index (χ0n) is 11.6. The Bertz CT molecular complexity index is 427. The molecule has 5 heteroatoms. The van der Waals surface area contributed by atoms with Gasteiger partial charge < -0.3 is 15.0 Å². The summed E-state index contributed by atoms with van der Waals surface area (Å²) in [6, 6.07) is 0. The van der Waals surface area contributed by atoms with Crippen molar-refractivity contribution < 1.29 is 4.74 Å². The first-order valence-corrected chi connectivity index (χ1v) is 7.19. The van der Waals surface area contributed by atoms with Crippen molar-refractivity contribution in [1.82, 2.24) is 20.2 Å². The molecule has 2 aliphatic rings. The lowest BCUT2D eigenvalue weighted by Crippen LogP contribution is -2.44. The predicted molar refractivity (Wildman–Crippen MR) is 73.6 cm³/mol. The summed E-state index contributed by atoms with van der Waals surface area (Å²) < 4.78 is 5.42. The molecule has 1 saturated carbocycles. The molecule has 1 aliphatic heterocycles. The number of piperazine rings is 1. The zero-order chi connectivity index (χ0) is 13.1. The summed E-state index contributed by atoms with van der Waals surface area (Å²) in [5, 5.41) is 3.38. The second-order valence-corrected chi connectivity index (χ2v) is 5.36. The molecule has 0 unspecified atom stereocenters. The summed E-state index contributed by atoms with van der Waals surface area (Å²) in [7, 11) is 1.70. The van der Waals surface area contributed by atoms with Gasteiger partial charge in [0.1, 0.15) is 6.33 Å². The molecule has 0 aromatic carbocycles. The topological polar surface area (TPSA) is 50.3 Å². The monoisotopic (exact) mass is 262 g/mol. The van der Waals surface area contributed by atoms with Crippen LogP contribution in [0.3, 0.4) is 0 Å². The highest BCUT2D eigenvalue weighted by atomic mass is 16.5. The Morgan fingerprint density at radius 1 is 1.32 bits per heavy atom. The Morgan fingerprint density at radius 2 is 2.11 bits per heavy atom. The summed E-state index contributed by atoms with van der Waals surface area (Å²) in [5.74, 6) is 1.42. The largest absolute Gasteiger partial charge is 0.481 e. The minimum atomic E-state index is 0.648. The predicted octanol–water partition coefficient (Wildman–Crippen LogP) is 0.810. The fourth-order valence-corrected chi connectivity index (χ4v) is 2.73. The van der Waals surface area contributed by atoms with Crippen molar-refractivity contribution in [3.05, 3.63) is 17.6 Å². The van der Waals surface area contributed by atoms with Crippen LogP contribution < -0.4 is 10.1 Å². The number of nitrogens with zero attached hydrogens (tertiary/aromatic N) is 3. The van der Waals surface area contributed by atoms with Gasteiger partial charge in [-0.2, -0.15) is 0 Å². The first kappa shape index (κ1) is 12.8. The highest BCUT2D eigenvalue weighted by molar-refractivity contribution is 5.34. The average Bonchev–Trinajstić information content (AvgIpc) is 3.30. The smallest absolute Gasteiger partial charge is 0.219 e. The minimum absolute atomic E-state index is 0.648. The van der Waals surface area contributed by atoms with E-state index < -0.39 is 0 Å². The van der Waals surface area contributed by atoms with Gasteiger partial charge in [0.25, 0.3) is 0 Å². The molecule has 1 aliphatic carbocycles. The number of hydrogen-bond acceptors (Lipinski definition) is 5. The molecule has 0 amide bonds. The van der Waals surface area contributed by atoms with Gasteiger partial charge in [0.05, 0.1) is 12.8 Å². The van der Waals surface area contributed by atoms with Crippen molar-refractivity contribution in [2.24, 2.45) is 0 Å². The van der Waals surface area contributed by atoms with Crippen LogP contribution in [0.15, 0.2) is 6.33 Å². The number of aromatic nitrogens is 2. The molecule has 0 atom stereocenters. The Balaban J connectivity index is 1.70. The molecule has 0 bridgehead atoms. The third-order valence-corrected chi connectivity index (χ3v) is 3.98. The van der Waals surface area contributed by atoms with E-state index in [0.29, 0.717) is 5.92 Å². The van der Waals surface area contributed by atoms with Crippen LogP contribution in [-0.4, -0.2) is 54.7 Å². The molecule has 3 rings (SSSR count). The van der Waals surface area contributed by atoms with Gasteiger partial charge in [-0.3, -0.25) is 0 Å². The van der Waals surface area contributed by atoms with E-state index in [9.17, 15) is 0 Å². The van der Waals surface area contributed by atoms with Gasteiger partial charge in [-0.05, 0) is 19.3 Å². The first-order chi connectivity index (χ1) is 9.38. The lowest BCUT2D eigenvalue weighted by atomic mass is 10.1. The van der Waals surface area contributed by atoms with E-state index in [1.165, 1.54) is 24.1 Å². The SMILES string of the molecule is COc1ncnc(C2CC2)c1CCN1CCNCC1. The second-order valence-electron chi connectivity index (χ2n) is 5.36. The summed E-state index contributed by atoms with van der Waals surface area (Å²) in [5.41, 5.74) is 2.45. The Morgan fingerprint density at radius 3 is 2.79 bits per heavy atom. The molecule has 2 heterocycles. The molecular formula is C14H22N4O. The van der Waals surface area contributed by atoms with Gasteiger partial charge >= 0.3 is 0 Å². The van der Waals surface area contributed by atoms with E-state index in [2.05, 4.69) is 20.2 Å². The number of hydrogen-bond donors (Lipinski definition) is 1. The van der Waals surface area contributed by atoms with Crippen molar-refractivity contribution in [2.45, 2.75) is 25.2 Å². The standard InChI is InChI=1S/C14H22N4O/c1-19-14-12(4-7-18-8-5-15-6-9-18)13(11-2-3-11)16-10-17-14/h10-11,15H,2-9H2,1H3. The van der Waals surface area contributed by atoms with E-state index >= 15 is 0 Å². The van der Waals surface area contributed by atoms with Gasteiger partial charge in [0, 0.05) is 44.2 Å². The molecule has 104 valence electrons. The van der Waals surface area contributed by atoms with Gasteiger partial charge in [0.15, 0.2) is 0 Å². The molecule has 1 N–H and O–H groups in total. The lowest BCUT2D eigenvalue weighted by molar-refractivity contribution is 0.242. The summed E-state index contributed by atoms with van der Waals surface area (Å²) >= 11 is 0. The van der Waals surface area contributed by atoms with Gasteiger partial charge in [-0.25, -0.2) is 9.97 Å². The molecular weight excluding hydrogens is 240 g/mol. The van der Waals surface area contributed by atoms with E-state index in [-0.39, 0.29) is 0 Å². The molecule has 2 fully saturated rings. The highest BCUT2D eigenvalue weighted by Crippen LogP contribution is 2.42. The van der Waals surface area contributed by atoms with E-state index in [4.69, 9.17) is 4.74 Å². The van der Waals surface area contributed by atoms with Crippen LogP contribution in [-0.2, 0) is 6.42 Å². The van der Waals surface area contributed by atoms with E-state index in [1.54, 1.807) is 13.4 Å². The lowest BCUT2D eigenvalue weighted by Gasteiger charge is -2.27. The van der Waals surface area contributed by atoms with Crippen molar-refractivity contribution in [2.75, 3.05) is 39.8 Å². The Hall–Kier alpha value is -1.20. The molecule has 1 aromatic rings. The molecule has 1 aromatic heterocycles. The highest BCUT2D eigenvalue weighted by Gasteiger charge is 2.29. The van der Waals surface area contributed by atoms with Crippen molar-refractivity contribution in [3.8, 4) is 5.88 Å². The van der Waals surface area contributed by atoms with Crippen LogP contribution in [0.2, 0.25) is 0 Å². The van der Waals surface area contributed by atoms with Crippen LogP contribution in [0.1, 0.15) is 30.0 Å². The van der Waals surface area contributed by atoms with Crippen molar-refractivity contribution in [1.29, 1.82) is 0 Å².